The van der Waals surface area contributed by atoms with Crippen molar-refractivity contribution in [1.82, 2.24) is 9.80 Å². The van der Waals surface area contributed by atoms with Crippen LogP contribution in [0.3, 0.4) is 0 Å². The molecule has 0 saturated carbocycles. The summed E-state index contributed by atoms with van der Waals surface area (Å²) in [6, 6.07) is 17.3. The summed E-state index contributed by atoms with van der Waals surface area (Å²) in [4.78, 5) is 16.7. The minimum Gasteiger partial charge on any atom is -0.363 e. The summed E-state index contributed by atoms with van der Waals surface area (Å²) in [6.45, 7) is 3.97. The van der Waals surface area contributed by atoms with Crippen molar-refractivity contribution in [3.63, 3.8) is 0 Å². The fourth-order valence-corrected chi connectivity index (χ4v) is 4.45. The maximum absolute atomic E-state index is 14.0. The first kappa shape index (κ1) is 20.0. The molecule has 0 unspecified atom stereocenters. The van der Waals surface area contributed by atoms with E-state index in [1.807, 2.05) is 35.2 Å². The van der Waals surface area contributed by atoms with E-state index in [0.717, 1.165) is 50.9 Å². The number of hydrogen-bond donors (Lipinski definition) is 0. The van der Waals surface area contributed by atoms with Gasteiger partial charge in [0.2, 0.25) is 5.91 Å². The number of benzene rings is 2. The standard InChI is InChI=1S/C24H29FN2O2/c25-22-10-5-4-9-21(22)17-26-14-6-12-24(13-16-26)19-27(23(28)18-29-24)15-11-20-7-2-1-3-8-20/h1-5,7-10H,6,11-19H2/t24-/m0/s1. The third-order valence-electron chi connectivity index (χ3n) is 6.19. The van der Waals surface area contributed by atoms with E-state index in [-0.39, 0.29) is 23.9 Å². The lowest BCUT2D eigenvalue weighted by Crippen LogP contribution is -2.55. The minimum atomic E-state index is -0.269. The molecule has 2 heterocycles. The van der Waals surface area contributed by atoms with Crippen LogP contribution in [0.25, 0.3) is 0 Å². The smallest absolute Gasteiger partial charge is 0.248 e. The number of ether oxygens (including phenoxy) is 1. The molecule has 4 rings (SSSR count). The van der Waals surface area contributed by atoms with Crippen LogP contribution in [-0.2, 0) is 22.5 Å². The summed E-state index contributed by atoms with van der Waals surface area (Å²) in [5.41, 5.74) is 1.72. The van der Waals surface area contributed by atoms with Gasteiger partial charge in [-0.3, -0.25) is 9.69 Å². The minimum absolute atomic E-state index is 0.0824. The molecule has 2 saturated heterocycles. The molecule has 29 heavy (non-hydrogen) atoms. The van der Waals surface area contributed by atoms with E-state index in [1.165, 1.54) is 11.6 Å². The first-order valence-corrected chi connectivity index (χ1v) is 10.6. The van der Waals surface area contributed by atoms with Crippen molar-refractivity contribution in [3.8, 4) is 0 Å². The Kier molecular flexibility index (Phi) is 6.26. The average Bonchev–Trinajstić information content (AvgIpc) is 2.94. The van der Waals surface area contributed by atoms with Crippen molar-refractivity contribution in [2.45, 2.75) is 37.8 Å². The predicted octanol–water partition coefficient (Wildman–Crippen LogP) is 3.65. The zero-order valence-corrected chi connectivity index (χ0v) is 16.9. The van der Waals surface area contributed by atoms with E-state index < -0.39 is 0 Å². The number of halogens is 1. The van der Waals surface area contributed by atoms with Crippen LogP contribution in [-0.4, -0.2) is 54.1 Å². The highest BCUT2D eigenvalue weighted by atomic mass is 19.1. The molecule has 2 aliphatic heterocycles. The number of likely N-dealkylation sites (tertiary alicyclic amines) is 1. The second kappa shape index (κ2) is 9.06. The van der Waals surface area contributed by atoms with Gasteiger partial charge in [-0.2, -0.15) is 0 Å². The molecular formula is C24H29FN2O2. The fraction of sp³-hybridized carbons (Fsp3) is 0.458. The van der Waals surface area contributed by atoms with Crippen molar-refractivity contribution in [3.05, 3.63) is 71.5 Å². The SMILES string of the molecule is O=C1CO[C@]2(CCCN(Cc3ccccc3F)CC2)CN1CCc1ccccc1. The van der Waals surface area contributed by atoms with E-state index in [9.17, 15) is 9.18 Å². The van der Waals surface area contributed by atoms with Gasteiger partial charge in [-0.25, -0.2) is 4.39 Å². The van der Waals surface area contributed by atoms with Gasteiger partial charge in [0.15, 0.2) is 0 Å². The molecule has 0 N–H and O–H groups in total. The average molecular weight is 397 g/mol. The van der Waals surface area contributed by atoms with Gasteiger partial charge in [0.05, 0.1) is 5.60 Å². The van der Waals surface area contributed by atoms with Crippen molar-refractivity contribution < 1.29 is 13.9 Å². The van der Waals surface area contributed by atoms with Gasteiger partial charge in [-0.1, -0.05) is 48.5 Å². The fourth-order valence-electron chi connectivity index (χ4n) is 4.45. The lowest BCUT2D eigenvalue weighted by atomic mass is 9.92. The normalized spacial score (nSPS) is 23.3. The van der Waals surface area contributed by atoms with Crippen LogP contribution in [0.4, 0.5) is 4.39 Å². The van der Waals surface area contributed by atoms with Gasteiger partial charge >= 0.3 is 0 Å². The summed E-state index contributed by atoms with van der Waals surface area (Å²) < 4.78 is 20.1. The van der Waals surface area contributed by atoms with Gasteiger partial charge < -0.3 is 9.64 Å². The van der Waals surface area contributed by atoms with Crippen LogP contribution in [0.15, 0.2) is 54.6 Å². The van der Waals surface area contributed by atoms with Crippen LogP contribution in [0.1, 0.15) is 30.4 Å². The molecule has 4 nitrogen and oxygen atoms in total. The van der Waals surface area contributed by atoms with Crippen LogP contribution < -0.4 is 0 Å². The van der Waals surface area contributed by atoms with Crippen molar-refractivity contribution in [1.29, 1.82) is 0 Å². The van der Waals surface area contributed by atoms with Crippen molar-refractivity contribution in [2.24, 2.45) is 0 Å². The maximum Gasteiger partial charge on any atom is 0.248 e. The Labute approximate surface area is 172 Å². The Morgan fingerprint density at radius 1 is 1.00 bits per heavy atom. The van der Waals surface area contributed by atoms with E-state index in [0.29, 0.717) is 13.1 Å². The quantitative estimate of drug-likeness (QED) is 0.773. The highest BCUT2D eigenvalue weighted by Gasteiger charge is 2.40. The molecule has 2 aromatic rings. The Morgan fingerprint density at radius 2 is 1.79 bits per heavy atom. The van der Waals surface area contributed by atoms with Gasteiger partial charge in [0.25, 0.3) is 0 Å². The molecular weight excluding hydrogens is 367 g/mol. The lowest BCUT2D eigenvalue weighted by Gasteiger charge is -2.42. The molecule has 5 heteroatoms. The van der Waals surface area contributed by atoms with Crippen LogP contribution >= 0.6 is 0 Å². The highest BCUT2D eigenvalue weighted by molar-refractivity contribution is 5.78. The molecule has 0 radical (unpaired) electrons. The number of hydrogen-bond acceptors (Lipinski definition) is 3. The monoisotopic (exact) mass is 396 g/mol. The summed E-state index contributed by atoms with van der Waals surface area (Å²) >= 11 is 0. The number of amides is 1. The molecule has 0 aromatic heterocycles. The summed E-state index contributed by atoms with van der Waals surface area (Å²) in [7, 11) is 0. The number of carbonyl (C=O) groups excluding carboxylic acids is 1. The van der Waals surface area contributed by atoms with Gasteiger partial charge in [-0.05, 0) is 43.9 Å². The lowest BCUT2D eigenvalue weighted by molar-refractivity contribution is -0.165. The van der Waals surface area contributed by atoms with Crippen molar-refractivity contribution in [2.75, 3.05) is 32.8 Å². The topological polar surface area (TPSA) is 32.8 Å². The number of rotatable bonds is 5. The zero-order chi connectivity index (χ0) is 20.1. The Balaban J connectivity index is 1.36. The van der Waals surface area contributed by atoms with E-state index in [4.69, 9.17) is 4.74 Å². The van der Waals surface area contributed by atoms with Crippen LogP contribution in [0, 0.1) is 5.82 Å². The molecule has 2 aromatic carbocycles. The summed E-state index contributed by atoms with van der Waals surface area (Å²) in [5, 5.41) is 0. The van der Waals surface area contributed by atoms with Crippen LogP contribution in [0.5, 0.6) is 0 Å². The Morgan fingerprint density at radius 3 is 2.62 bits per heavy atom. The Hall–Kier alpha value is -2.24. The number of nitrogens with zero attached hydrogens (tertiary/aromatic N) is 2. The maximum atomic E-state index is 14.0. The summed E-state index contributed by atoms with van der Waals surface area (Å²) in [6.07, 6.45) is 3.67. The molecule has 1 amide bonds. The van der Waals surface area contributed by atoms with Gasteiger partial charge in [-0.15, -0.1) is 0 Å². The van der Waals surface area contributed by atoms with Gasteiger partial charge in [0, 0.05) is 31.7 Å². The van der Waals surface area contributed by atoms with Crippen LogP contribution in [0.2, 0.25) is 0 Å². The first-order valence-electron chi connectivity index (χ1n) is 10.6. The van der Waals surface area contributed by atoms with Crippen molar-refractivity contribution >= 4 is 5.91 Å². The largest absolute Gasteiger partial charge is 0.363 e. The second-order valence-corrected chi connectivity index (χ2v) is 8.24. The third-order valence-corrected chi connectivity index (χ3v) is 6.19. The third kappa shape index (κ3) is 5.03. The number of carbonyl (C=O) groups is 1. The molecule has 2 fully saturated rings. The molecule has 0 aliphatic carbocycles. The first-order chi connectivity index (χ1) is 14.1. The molecule has 1 spiro atoms. The zero-order valence-electron chi connectivity index (χ0n) is 16.9. The molecule has 0 bridgehead atoms. The number of morpholine rings is 1. The summed E-state index contributed by atoms with van der Waals surface area (Å²) in [5.74, 6) is -0.0583. The van der Waals surface area contributed by atoms with E-state index >= 15 is 0 Å². The predicted molar refractivity (Wildman–Crippen MR) is 111 cm³/mol. The second-order valence-electron chi connectivity index (χ2n) is 8.24. The molecule has 2 aliphatic rings. The van der Waals surface area contributed by atoms with E-state index in [2.05, 4.69) is 17.0 Å². The highest BCUT2D eigenvalue weighted by Crippen LogP contribution is 2.31. The van der Waals surface area contributed by atoms with E-state index in [1.54, 1.807) is 6.07 Å². The van der Waals surface area contributed by atoms with Gasteiger partial charge in [0.1, 0.15) is 12.4 Å². The molecule has 1 atom stereocenters. The Bertz CT molecular complexity index is 829. The molecule has 154 valence electrons.